The average molecular weight is 368 g/mol. The van der Waals surface area contributed by atoms with Crippen LogP contribution in [0.2, 0.25) is 0 Å². The third-order valence-electron chi connectivity index (χ3n) is 4.11. The number of fused-ring (bicyclic) bond motifs is 1. The van der Waals surface area contributed by atoms with Gasteiger partial charge in [-0.2, -0.15) is 5.26 Å². The van der Waals surface area contributed by atoms with Crippen molar-refractivity contribution in [3.63, 3.8) is 0 Å². The average Bonchev–Trinajstić information content (AvgIpc) is 2.74. The zero-order valence-corrected chi connectivity index (χ0v) is 14.4. The largest absolute Gasteiger partial charge is 0.450 e. The highest BCUT2D eigenvalue weighted by Gasteiger charge is 2.17. The first-order valence-corrected chi connectivity index (χ1v) is 8.33. The van der Waals surface area contributed by atoms with Crippen LogP contribution in [0.15, 0.2) is 72.9 Å². The van der Waals surface area contributed by atoms with Crippen LogP contribution in [-0.4, -0.2) is 14.9 Å². The Labute approximate surface area is 159 Å². The fraction of sp³-hybridized carbons (Fsp3) is 0. The molecular weight excluding hydrogens is 356 g/mol. The van der Waals surface area contributed by atoms with Gasteiger partial charge in [0.15, 0.2) is 0 Å². The van der Waals surface area contributed by atoms with E-state index in [0.717, 1.165) is 22.3 Å². The van der Waals surface area contributed by atoms with Crippen molar-refractivity contribution in [3.05, 3.63) is 88.6 Å². The molecule has 4 rings (SSSR count). The van der Waals surface area contributed by atoms with E-state index in [1.165, 1.54) is 18.2 Å². The van der Waals surface area contributed by atoms with Gasteiger partial charge in [-0.05, 0) is 48.5 Å². The van der Waals surface area contributed by atoms with E-state index in [0.29, 0.717) is 5.75 Å². The summed E-state index contributed by atoms with van der Waals surface area (Å²) < 4.78 is 5.64. The van der Waals surface area contributed by atoms with Gasteiger partial charge in [-0.25, -0.2) is 4.98 Å². The lowest BCUT2D eigenvalue weighted by Crippen LogP contribution is -1.94. The number of para-hydroxylation sites is 2. The van der Waals surface area contributed by atoms with Crippen LogP contribution in [0.1, 0.15) is 5.56 Å². The summed E-state index contributed by atoms with van der Waals surface area (Å²) in [6, 6.07) is 20.6. The highest BCUT2D eigenvalue weighted by molar-refractivity contribution is 5.76. The number of nitro groups is 1. The fourth-order valence-corrected chi connectivity index (χ4v) is 2.73. The van der Waals surface area contributed by atoms with Gasteiger partial charge in [0.2, 0.25) is 5.75 Å². The van der Waals surface area contributed by atoms with Gasteiger partial charge >= 0.3 is 5.69 Å². The molecule has 1 aromatic heterocycles. The van der Waals surface area contributed by atoms with E-state index in [1.807, 2.05) is 42.5 Å². The van der Waals surface area contributed by atoms with Gasteiger partial charge in [0.25, 0.3) is 0 Å². The van der Waals surface area contributed by atoms with Crippen molar-refractivity contribution in [3.8, 4) is 28.8 Å². The van der Waals surface area contributed by atoms with Crippen molar-refractivity contribution in [1.29, 1.82) is 5.26 Å². The van der Waals surface area contributed by atoms with Crippen molar-refractivity contribution in [2.24, 2.45) is 0 Å². The Morgan fingerprint density at radius 2 is 1.75 bits per heavy atom. The van der Waals surface area contributed by atoms with Crippen LogP contribution in [-0.2, 0) is 0 Å². The van der Waals surface area contributed by atoms with Crippen LogP contribution < -0.4 is 4.74 Å². The first kappa shape index (κ1) is 17.1. The number of ether oxygens (including phenoxy) is 1. The fourth-order valence-electron chi connectivity index (χ4n) is 2.73. The van der Waals surface area contributed by atoms with E-state index < -0.39 is 4.92 Å². The number of rotatable bonds is 4. The summed E-state index contributed by atoms with van der Waals surface area (Å²) in [5.74, 6) is 0.507. The normalized spacial score (nSPS) is 10.4. The van der Waals surface area contributed by atoms with Crippen LogP contribution in [0.25, 0.3) is 22.3 Å². The lowest BCUT2D eigenvalue weighted by atomic mass is 10.1. The van der Waals surface area contributed by atoms with Crippen molar-refractivity contribution >= 4 is 16.7 Å². The molecule has 134 valence electrons. The minimum Gasteiger partial charge on any atom is -0.450 e. The predicted octanol–water partition coefficient (Wildman–Crippen LogP) is 4.87. The van der Waals surface area contributed by atoms with Crippen molar-refractivity contribution in [1.82, 2.24) is 9.97 Å². The standard InChI is InChI=1S/C21H12N4O3/c22-12-14-5-10-21(20(11-14)25(26)27)28-16-8-6-15(7-9-16)19-13-23-17-3-1-2-4-18(17)24-19/h1-11,13H. The molecule has 3 aromatic carbocycles. The van der Waals surface area contributed by atoms with E-state index in [1.54, 1.807) is 18.3 Å². The molecule has 0 bridgehead atoms. The second kappa shape index (κ2) is 7.13. The number of benzene rings is 3. The molecule has 28 heavy (non-hydrogen) atoms. The van der Waals surface area contributed by atoms with Gasteiger partial charge in [0.05, 0.1) is 39.5 Å². The molecule has 0 fully saturated rings. The van der Waals surface area contributed by atoms with Crippen LogP contribution in [0.4, 0.5) is 5.69 Å². The highest BCUT2D eigenvalue weighted by atomic mass is 16.6. The van der Waals surface area contributed by atoms with Crippen LogP contribution >= 0.6 is 0 Å². The second-order valence-electron chi connectivity index (χ2n) is 5.92. The topological polar surface area (TPSA) is 102 Å². The maximum absolute atomic E-state index is 11.2. The molecule has 0 radical (unpaired) electrons. The number of hydrogen-bond acceptors (Lipinski definition) is 6. The number of aromatic nitrogens is 2. The minimum atomic E-state index is -0.574. The smallest absolute Gasteiger partial charge is 0.312 e. The third kappa shape index (κ3) is 3.34. The number of nitro benzene ring substituents is 1. The van der Waals surface area contributed by atoms with Crippen LogP contribution in [0.5, 0.6) is 11.5 Å². The van der Waals surface area contributed by atoms with E-state index in [4.69, 9.17) is 10.00 Å². The lowest BCUT2D eigenvalue weighted by Gasteiger charge is -2.08. The summed E-state index contributed by atoms with van der Waals surface area (Å²) in [4.78, 5) is 19.6. The van der Waals surface area contributed by atoms with Gasteiger partial charge < -0.3 is 4.74 Å². The quantitative estimate of drug-likeness (QED) is 0.376. The molecule has 0 aliphatic heterocycles. The second-order valence-corrected chi connectivity index (χ2v) is 5.92. The van der Waals surface area contributed by atoms with Crippen molar-refractivity contribution < 1.29 is 9.66 Å². The first-order valence-electron chi connectivity index (χ1n) is 8.33. The van der Waals surface area contributed by atoms with Gasteiger partial charge in [-0.3, -0.25) is 15.1 Å². The van der Waals surface area contributed by atoms with E-state index >= 15 is 0 Å². The maximum atomic E-state index is 11.2. The Morgan fingerprint density at radius 1 is 1.00 bits per heavy atom. The van der Waals surface area contributed by atoms with E-state index in [-0.39, 0.29) is 17.0 Å². The summed E-state index contributed by atoms with van der Waals surface area (Å²) in [5, 5.41) is 20.1. The van der Waals surface area contributed by atoms with Crippen LogP contribution in [0.3, 0.4) is 0 Å². The molecule has 0 aliphatic carbocycles. The molecule has 0 N–H and O–H groups in total. The monoisotopic (exact) mass is 368 g/mol. The van der Waals surface area contributed by atoms with E-state index in [2.05, 4.69) is 9.97 Å². The predicted molar refractivity (Wildman–Crippen MR) is 103 cm³/mol. The SMILES string of the molecule is N#Cc1ccc(Oc2ccc(-c3cnc4ccccc4n3)cc2)c([N+](=O)[O-])c1. The molecule has 0 saturated carbocycles. The zero-order chi connectivity index (χ0) is 19.5. The molecule has 7 heteroatoms. The molecule has 0 atom stereocenters. The van der Waals surface area contributed by atoms with Crippen molar-refractivity contribution in [2.75, 3.05) is 0 Å². The van der Waals surface area contributed by atoms with Gasteiger partial charge in [-0.1, -0.05) is 12.1 Å². The number of nitriles is 1. The minimum absolute atomic E-state index is 0.0715. The third-order valence-corrected chi connectivity index (χ3v) is 4.11. The molecule has 1 heterocycles. The molecule has 0 saturated heterocycles. The van der Waals surface area contributed by atoms with Crippen LogP contribution in [0, 0.1) is 21.4 Å². The number of nitrogens with zero attached hydrogens (tertiary/aromatic N) is 4. The Kier molecular flexibility index (Phi) is 4.36. The summed E-state index contributed by atoms with van der Waals surface area (Å²) in [7, 11) is 0. The van der Waals surface area contributed by atoms with Gasteiger partial charge in [0, 0.05) is 11.6 Å². The molecule has 0 aliphatic rings. The Morgan fingerprint density at radius 3 is 2.46 bits per heavy atom. The summed E-state index contributed by atoms with van der Waals surface area (Å²) in [6.45, 7) is 0. The highest BCUT2D eigenvalue weighted by Crippen LogP contribution is 2.33. The Hall–Kier alpha value is -4.31. The Bertz CT molecular complexity index is 1230. The van der Waals surface area contributed by atoms with Crippen molar-refractivity contribution in [2.45, 2.75) is 0 Å². The lowest BCUT2D eigenvalue weighted by molar-refractivity contribution is -0.385. The Balaban J connectivity index is 1.62. The summed E-state index contributed by atoms with van der Waals surface area (Å²) in [6.07, 6.45) is 1.70. The number of hydrogen-bond donors (Lipinski definition) is 0. The molecule has 4 aromatic rings. The van der Waals surface area contributed by atoms with E-state index in [9.17, 15) is 10.1 Å². The molecule has 0 unspecified atom stereocenters. The summed E-state index contributed by atoms with van der Waals surface area (Å²) >= 11 is 0. The maximum Gasteiger partial charge on any atom is 0.312 e. The molecule has 0 spiro atoms. The van der Waals surface area contributed by atoms with Gasteiger partial charge in [0.1, 0.15) is 5.75 Å². The summed E-state index contributed by atoms with van der Waals surface area (Å²) in [5.41, 5.74) is 3.12. The first-order chi connectivity index (χ1) is 13.6. The molecular formula is C21H12N4O3. The van der Waals surface area contributed by atoms with Gasteiger partial charge in [-0.15, -0.1) is 0 Å². The molecule has 0 amide bonds. The molecule has 7 nitrogen and oxygen atoms in total. The zero-order valence-electron chi connectivity index (χ0n) is 14.4.